The van der Waals surface area contributed by atoms with E-state index in [0.717, 1.165) is 37.2 Å². The standard InChI is InChI=1S/C19H23N3O2/c20-10-9-15-5-7-18(8-6-15)24-12-11-21-19(23)22-13-16-3-1-2-4-17(16)14-22/h1-2,5-8,16-17H,3-4,9,11-14H2,(H,21,23)/t16-,17+. The van der Waals surface area contributed by atoms with E-state index in [-0.39, 0.29) is 6.03 Å². The third-order valence-corrected chi connectivity index (χ3v) is 4.76. The highest BCUT2D eigenvalue weighted by Gasteiger charge is 2.34. The van der Waals surface area contributed by atoms with Gasteiger partial charge in [0.25, 0.3) is 0 Å². The smallest absolute Gasteiger partial charge is 0.317 e. The molecule has 1 aromatic rings. The van der Waals surface area contributed by atoms with Crippen molar-refractivity contribution in [3.05, 3.63) is 42.0 Å². The summed E-state index contributed by atoms with van der Waals surface area (Å²) in [6, 6.07) is 9.61. The van der Waals surface area contributed by atoms with Crippen molar-refractivity contribution in [2.24, 2.45) is 11.8 Å². The second kappa shape index (κ2) is 7.87. The molecule has 2 atom stereocenters. The fourth-order valence-corrected chi connectivity index (χ4v) is 3.41. The lowest BCUT2D eigenvalue weighted by Crippen LogP contribution is -2.40. The molecule has 1 fully saturated rings. The number of likely N-dealkylation sites (tertiary alicyclic amines) is 1. The number of rotatable bonds is 5. The minimum absolute atomic E-state index is 0.0115. The number of nitrogens with one attached hydrogen (secondary N) is 1. The Morgan fingerprint density at radius 2 is 1.88 bits per heavy atom. The van der Waals surface area contributed by atoms with Crippen LogP contribution in [0.15, 0.2) is 36.4 Å². The fourth-order valence-electron chi connectivity index (χ4n) is 3.41. The lowest BCUT2D eigenvalue weighted by Gasteiger charge is -2.17. The lowest BCUT2D eigenvalue weighted by molar-refractivity contribution is 0.203. The summed E-state index contributed by atoms with van der Waals surface area (Å²) in [6.45, 7) is 2.65. The normalized spacial score (nSPS) is 21.9. The first-order chi connectivity index (χ1) is 11.8. The molecule has 24 heavy (non-hydrogen) atoms. The number of carbonyl (C=O) groups excluding carboxylic acids is 1. The van der Waals surface area contributed by atoms with Crippen LogP contribution in [0.4, 0.5) is 4.79 Å². The van der Waals surface area contributed by atoms with Gasteiger partial charge in [-0.25, -0.2) is 4.79 Å². The Morgan fingerprint density at radius 3 is 2.50 bits per heavy atom. The second-order valence-corrected chi connectivity index (χ2v) is 6.43. The molecule has 0 bridgehead atoms. The molecule has 0 radical (unpaired) electrons. The number of allylic oxidation sites excluding steroid dienone is 2. The molecule has 0 aromatic heterocycles. The van der Waals surface area contributed by atoms with Gasteiger partial charge in [0.15, 0.2) is 0 Å². The van der Waals surface area contributed by atoms with E-state index in [2.05, 4.69) is 23.5 Å². The predicted octanol–water partition coefficient (Wildman–Crippen LogP) is 2.74. The van der Waals surface area contributed by atoms with Crippen LogP contribution in [0, 0.1) is 23.2 Å². The number of nitrogens with zero attached hydrogens (tertiary/aromatic N) is 2. The van der Waals surface area contributed by atoms with Crippen molar-refractivity contribution in [2.45, 2.75) is 19.3 Å². The molecule has 0 saturated carbocycles. The molecule has 1 N–H and O–H groups in total. The maximum absolute atomic E-state index is 12.2. The van der Waals surface area contributed by atoms with Crippen molar-refractivity contribution in [1.82, 2.24) is 10.2 Å². The van der Waals surface area contributed by atoms with E-state index in [1.54, 1.807) is 0 Å². The van der Waals surface area contributed by atoms with Crippen molar-refractivity contribution in [1.29, 1.82) is 5.26 Å². The van der Waals surface area contributed by atoms with Crippen LogP contribution in [0.1, 0.15) is 18.4 Å². The molecule has 1 aliphatic heterocycles. The van der Waals surface area contributed by atoms with Crippen LogP contribution in [-0.4, -0.2) is 37.2 Å². The van der Waals surface area contributed by atoms with Crippen LogP contribution in [0.2, 0.25) is 0 Å². The highest BCUT2D eigenvalue weighted by molar-refractivity contribution is 5.74. The van der Waals surface area contributed by atoms with Crippen LogP contribution in [-0.2, 0) is 6.42 Å². The zero-order chi connectivity index (χ0) is 16.8. The molecule has 0 unspecified atom stereocenters. The Labute approximate surface area is 142 Å². The number of carbonyl (C=O) groups is 1. The van der Waals surface area contributed by atoms with E-state index in [1.165, 1.54) is 0 Å². The van der Waals surface area contributed by atoms with E-state index in [0.29, 0.717) is 31.4 Å². The van der Waals surface area contributed by atoms with Crippen LogP contribution >= 0.6 is 0 Å². The number of nitriles is 1. The van der Waals surface area contributed by atoms with Gasteiger partial charge >= 0.3 is 6.03 Å². The Kier molecular flexibility index (Phi) is 5.37. The first-order valence-electron chi connectivity index (χ1n) is 8.52. The molecule has 3 rings (SSSR count). The summed E-state index contributed by atoms with van der Waals surface area (Å²) < 4.78 is 5.62. The second-order valence-electron chi connectivity index (χ2n) is 6.43. The van der Waals surface area contributed by atoms with Gasteiger partial charge in [0.2, 0.25) is 0 Å². The van der Waals surface area contributed by atoms with Crippen molar-refractivity contribution in [3.8, 4) is 11.8 Å². The van der Waals surface area contributed by atoms with Gasteiger partial charge in [-0.15, -0.1) is 0 Å². The van der Waals surface area contributed by atoms with E-state index in [1.807, 2.05) is 29.2 Å². The van der Waals surface area contributed by atoms with E-state index in [4.69, 9.17) is 10.00 Å². The lowest BCUT2D eigenvalue weighted by atomic mass is 9.86. The third-order valence-electron chi connectivity index (χ3n) is 4.76. The molecular weight excluding hydrogens is 302 g/mol. The van der Waals surface area contributed by atoms with E-state index >= 15 is 0 Å². The minimum atomic E-state index is 0.0115. The van der Waals surface area contributed by atoms with Gasteiger partial charge in [-0.3, -0.25) is 0 Å². The van der Waals surface area contributed by atoms with Crippen LogP contribution in [0.25, 0.3) is 0 Å². The molecule has 5 nitrogen and oxygen atoms in total. The number of hydrogen-bond donors (Lipinski definition) is 1. The summed E-state index contributed by atoms with van der Waals surface area (Å²) in [5.41, 5.74) is 0.975. The minimum Gasteiger partial charge on any atom is -0.492 e. The molecule has 1 heterocycles. The zero-order valence-electron chi connectivity index (χ0n) is 13.8. The summed E-state index contributed by atoms with van der Waals surface area (Å²) >= 11 is 0. The maximum Gasteiger partial charge on any atom is 0.317 e. The first-order valence-corrected chi connectivity index (χ1v) is 8.52. The van der Waals surface area contributed by atoms with Gasteiger partial charge in [-0.05, 0) is 42.4 Å². The summed E-state index contributed by atoms with van der Waals surface area (Å²) in [5.74, 6) is 2.01. The number of fused-ring (bicyclic) bond motifs is 1. The van der Waals surface area contributed by atoms with Gasteiger partial charge in [0.1, 0.15) is 12.4 Å². The molecule has 126 valence electrons. The molecule has 5 heteroatoms. The molecular formula is C19H23N3O2. The number of urea groups is 1. The Morgan fingerprint density at radius 1 is 1.21 bits per heavy atom. The number of amides is 2. The van der Waals surface area contributed by atoms with Crippen LogP contribution in [0.5, 0.6) is 5.75 Å². The van der Waals surface area contributed by atoms with Crippen molar-refractivity contribution in [3.63, 3.8) is 0 Å². The van der Waals surface area contributed by atoms with Gasteiger partial charge < -0.3 is 15.0 Å². The van der Waals surface area contributed by atoms with Crippen molar-refractivity contribution in [2.75, 3.05) is 26.2 Å². The fraction of sp³-hybridized carbons (Fsp3) is 0.474. The highest BCUT2D eigenvalue weighted by Crippen LogP contribution is 2.32. The zero-order valence-corrected chi connectivity index (χ0v) is 13.8. The SMILES string of the molecule is N#CCc1ccc(OCCNC(=O)N2C[C@H]3CC=CC[C@H]3C2)cc1. The average molecular weight is 325 g/mol. The monoisotopic (exact) mass is 325 g/mol. The van der Waals surface area contributed by atoms with E-state index < -0.39 is 0 Å². The van der Waals surface area contributed by atoms with Gasteiger partial charge in [-0.1, -0.05) is 24.3 Å². The predicted molar refractivity (Wildman–Crippen MR) is 91.6 cm³/mol. The molecule has 1 aliphatic carbocycles. The number of hydrogen-bond acceptors (Lipinski definition) is 3. The third kappa shape index (κ3) is 4.08. The molecule has 1 aromatic carbocycles. The topological polar surface area (TPSA) is 65.4 Å². The quantitative estimate of drug-likeness (QED) is 0.669. The maximum atomic E-state index is 12.2. The summed E-state index contributed by atoms with van der Waals surface area (Å²) in [4.78, 5) is 14.2. The Hall–Kier alpha value is -2.48. The summed E-state index contributed by atoms with van der Waals surface area (Å²) in [5, 5.41) is 11.6. The molecule has 2 aliphatic rings. The summed E-state index contributed by atoms with van der Waals surface area (Å²) in [7, 11) is 0. The van der Waals surface area contributed by atoms with Crippen molar-refractivity contribution < 1.29 is 9.53 Å². The molecule has 1 saturated heterocycles. The average Bonchev–Trinajstić information content (AvgIpc) is 3.04. The first kappa shape index (κ1) is 16.4. The van der Waals surface area contributed by atoms with Gasteiger partial charge in [0.05, 0.1) is 19.0 Å². The van der Waals surface area contributed by atoms with E-state index in [9.17, 15) is 4.79 Å². The Bertz CT molecular complexity index is 617. The van der Waals surface area contributed by atoms with Crippen LogP contribution < -0.4 is 10.1 Å². The Balaban J connectivity index is 1.36. The van der Waals surface area contributed by atoms with Crippen molar-refractivity contribution >= 4 is 6.03 Å². The number of ether oxygens (including phenoxy) is 1. The highest BCUT2D eigenvalue weighted by atomic mass is 16.5. The van der Waals surface area contributed by atoms with Crippen LogP contribution in [0.3, 0.4) is 0 Å². The largest absolute Gasteiger partial charge is 0.492 e. The molecule has 2 amide bonds. The van der Waals surface area contributed by atoms with Gasteiger partial charge in [-0.2, -0.15) is 5.26 Å². The summed E-state index contributed by atoms with van der Waals surface area (Å²) in [6.07, 6.45) is 7.07. The van der Waals surface area contributed by atoms with Gasteiger partial charge in [0, 0.05) is 13.1 Å². The number of benzene rings is 1. The molecule has 0 spiro atoms.